The fourth-order valence-electron chi connectivity index (χ4n) is 4.52. The zero-order valence-electron chi connectivity index (χ0n) is 12.0. The van der Waals surface area contributed by atoms with Gasteiger partial charge in [-0.05, 0) is 32.6 Å². The number of esters is 1. The van der Waals surface area contributed by atoms with Gasteiger partial charge in [0, 0.05) is 35.0 Å². The van der Waals surface area contributed by atoms with E-state index in [9.17, 15) is 14.7 Å². The van der Waals surface area contributed by atoms with Crippen LogP contribution in [0.15, 0.2) is 11.1 Å². The summed E-state index contributed by atoms with van der Waals surface area (Å²) in [6, 6.07) is 0. The number of hydrogen-bond donors (Lipinski definition) is 2. The maximum absolute atomic E-state index is 12.1. The van der Waals surface area contributed by atoms with Gasteiger partial charge in [0.05, 0.1) is 0 Å². The van der Waals surface area contributed by atoms with Crippen LogP contribution in [0.1, 0.15) is 33.6 Å². The van der Waals surface area contributed by atoms with Crippen molar-refractivity contribution in [2.45, 2.75) is 39.2 Å². The summed E-state index contributed by atoms with van der Waals surface area (Å²) in [6.07, 6.45) is 1.37. The van der Waals surface area contributed by atoms with Crippen molar-refractivity contribution in [1.82, 2.24) is 0 Å². The SMILES string of the molecule is CC(C(=O)O)=C1C[C@@H]2[C@@](C)(CO)[C@@H]3C[C@@H]3[C@]2(C)OC1=O. The van der Waals surface area contributed by atoms with Crippen molar-refractivity contribution >= 4 is 11.9 Å². The molecule has 20 heavy (non-hydrogen) atoms. The number of aliphatic hydroxyl groups is 1. The van der Waals surface area contributed by atoms with E-state index in [1.165, 1.54) is 6.92 Å². The Kier molecular flexibility index (Phi) is 2.62. The molecule has 0 radical (unpaired) electrons. The summed E-state index contributed by atoms with van der Waals surface area (Å²) < 4.78 is 5.66. The molecule has 5 heteroatoms. The molecule has 1 saturated heterocycles. The highest BCUT2D eigenvalue weighted by Gasteiger charge is 2.74. The lowest BCUT2D eigenvalue weighted by Gasteiger charge is -2.45. The minimum atomic E-state index is -1.09. The normalized spacial score (nSPS) is 48.2. The van der Waals surface area contributed by atoms with Gasteiger partial charge in [-0.15, -0.1) is 0 Å². The number of fused-ring (bicyclic) bond motifs is 3. The van der Waals surface area contributed by atoms with Crippen molar-refractivity contribution < 1.29 is 24.5 Å². The standard InChI is InChI=1S/C15H20O5/c1-7(12(17)18)8-4-11-14(2,6-16)9-5-10(9)15(11,3)20-13(8)19/h9-11,16H,4-6H2,1-3H3,(H,17,18)/t9-,10+,11-,14+,15+/m1/s1. The van der Waals surface area contributed by atoms with Gasteiger partial charge in [-0.25, -0.2) is 9.59 Å². The van der Waals surface area contributed by atoms with Crippen LogP contribution in [-0.4, -0.2) is 34.4 Å². The van der Waals surface area contributed by atoms with E-state index in [1.807, 2.05) is 13.8 Å². The number of hydrogen-bond acceptors (Lipinski definition) is 4. The highest BCUT2D eigenvalue weighted by molar-refractivity contribution is 6.00. The molecule has 110 valence electrons. The van der Waals surface area contributed by atoms with E-state index in [4.69, 9.17) is 9.84 Å². The van der Waals surface area contributed by atoms with E-state index in [2.05, 4.69) is 0 Å². The average molecular weight is 280 g/mol. The van der Waals surface area contributed by atoms with Gasteiger partial charge in [0.25, 0.3) is 0 Å². The van der Waals surface area contributed by atoms with E-state index in [0.29, 0.717) is 18.3 Å². The second-order valence-electron chi connectivity index (χ2n) is 6.85. The summed E-state index contributed by atoms with van der Waals surface area (Å²) >= 11 is 0. The maximum Gasteiger partial charge on any atom is 0.335 e. The molecule has 1 heterocycles. The van der Waals surface area contributed by atoms with Crippen LogP contribution in [0.25, 0.3) is 0 Å². The number of aliphatic carboxylic acids is 1. The molecule has 5 nitrogen and oxygen atoms in total. The summed E-state index contributed by atoms with van der Waals surface area (Å²) in [5, 5.41) is 18.9. The average Bonchev–Trinajstić information content (AvgIpc) is 3.15. The number of ether oxygens (including phenoxy) is 1. The third-order valence-electron chi connectivity index (χ3n) is 5.94. The molecule has 2 aliphatic carbocycles. The number of carbonyl (C=O) groups excluding carboxylic acids is 1. The van der Waals surface area contributed by atoms with Crippen molar-refractivity contribution in [1.29, 1.82) is 0 Å². The minimum Gasteiger partial charge on any atom is -0.478 e. The Morgan fingerprint density at radius 1 is 1.40 bits per heavy atom. The van der Waals surface area contributed by atoms with Crippen LogP contribution in [-0.2, 0) is 14.3 Å². The molecule has 1 aliphatic heterocycles. The molecule has 2 saturated carbocycles. The second kappa shape index (κ2) is 3.85. The molecule has 2 N–H and O–H groups in total. The molecular weight excluding hydrogens is 260 g/mol. The van der Waals surface area contributed by atoms with Crippen LogP contribution in [0, 0.1) is 23.2 Å². The van der Waals surface area contributed by atoms with E-state index in [-0.39, 0.29) is 29.1 Å². The lowest BCUT2D eigenvalue weighted by atomic mass is 9.67. The lowest BCUT2D eigenvalue weighted by Crippen LogP contribution is -2.50. The molecule has 3 rings (SSSR count). The number of carboxylic acid groups (broad SMARTS) is 1. The van der Waals surface area contributed by atoms with E-state index < -0.39 is 17.5 Å². The van der Waals surface area contributed by atoms with E-state index >= 15 is 0 Å². The summed E-state index contributed by atoms with van der Waals surface area (Å²) in [5.41, 5.74) is -0.537. The zero-order valence-corrected chi connectivity index (χ0v) is 12.0. The first kappa shape index (κ1) is 13.6. The first-order valence-corrected chi connectivity index (χ1v) is 7.03. The largest absolute Gasteiger partial charge is 0.478 e. The third kappa shape index (κ3) is 1.47. The Labute approximate surface area is 117 Å². The summed E-state index contributed by atoms with van der Waals surface area (Å²) in [4.78, 5) is 23.3. The third-order valence-corrected chi connectivity index (χ3v) is 5.94. The molecule has 0 amide bonds. The first-order valence-electron chi connectivity index (χ1n) is 7.03. The number of aliphatic hydroxyl groups excluding tert-OH is 1. The van der Waals surface area contributed by atoms with Crippen molar-refractivity contribution in [3.63, 3.8) is 0 Å². The Morgan fingerprint density at radius 3 is 2.60 bits per heavy atom. The monoisotopic (exact) mass is 280 g/mol. The van der Waals surface area contributed by atoms with Crippen LogP contribution in [0.2, 0.25) is 0 Å². The van der Waals surface area contributed by atoms with Gasteiger partial charge in [0.15, 0.2) is 0 Å². The second-order valence-corrected chi connectivity index (χ2v) is 6.85. The molecule has 0 unspecified atom stereocenters. The quantitative estimate of drug-likeness (QED) is 0.589. The first-order chi connectivity index (χ1) is 9.25. The van der Waals surface area contributed by atoms with Crippen LogP contribution in [0.4, 0.5) is 0 Å². The molecule has 3 aliphatic rings. The Hall–Kier alpha value is -1.36. The Morgan fingerprint density at radius 2 is 2.05 bits per heavy atom. The Balaban J connectivity index is 2.02. The van der Waals surface area contributed by atoms with Gasteiger partial charge in [0.2, 0.25) is 0 Å². The van der Waals surface area contributed by atoms with Gasteiger partial charge in [-0.1, -0.05) is 6.92 Å². The highest BCUT2D eigenvalue weighted by atomic mass is 16.6. The van der Waals surface area contributed by atoms with Crippen molar-refractivity contribution in [3.05, 3.63) is 11.1 Å². The Bertz CT molecular complexity index is 536. The lowest BCUT2D eigenvalue weighted by molar-refractivity contribution is -0.172. The predicted molar refractivity (Wildman–Crippen MR) is 69.7 cm³/mol. The van der Waals surface area contributed by atoms with Gasteiger partial charge < -0.3 is 14.9 Å². The minimum absolute atomic E-state index is 0.00856. The van der Waals surface area contributed by atoms with Crippen LogP contribution < -0.4 is 0 Å². The molecule has 0 spiro atoms. The van der Waals surface area contributed by atoms with Crippen molar-refractivity contribution in [2.75, 3.05) is 6.61 Å². The zero-order chi connectivity index (χ0) is 14.9. The number of carboxylic acids is 1. The van der Waals surface area contributed by atoms with Crippen LogP contribution in [0.5, 0.6) is 0 Å². The molecular formula is C15H20O5. The molecule has 0 aromatic rings. The fraction of sp³-hybridized carbons (Fsp3) is 0.733. The van der Waals surface area contributed by atoms with Gasteiger partial charge in [0.1, 0.15) is 5.60 Å². The van der Waals surface area contributed by atoms with Crippen LogP contribution >= 0.6 is 0 Å². The highest BCUT2D eigenvalue weighted by Crippen LogP contribution is 2.72. The van der Waals surface area contributed by atoms with Crippen molar-refractivity contribution in [3.8, 4) is 0 Å². The predicted octanol–water partition coefficient (Wildman–Crippen LogP) is 1.36. The number of rotatable bonds is 2. The van der Waals surface area contributed by atoms with E-state index in [0.717, 1.165) is 6.42 Å². The molecule has 0 aromatic carbocycles. The molecule has 3 fully saturated rings. The van der Waals surface area contributed by atoms with Crippen molar-refractivity contribution in [2.24, 2.45) is 23.2 Å². The maximum atomic E-state index is 12.1. The molecule has 0 bridgehead atoms. The summed E-state index contributed by atoms with van der Waals surface area (Å²) in [7, 11) is 0. The van der Waals surface area contributed by atoms with E-state index in [1.54, 1.807) is 0 Å². The van der Waals surface area contributed by atoms with Gasteiger partial charge >= 0.3 is 11.9 Å². The van der Waals surface area contributed by atoms with Gasteiger partial charge in [-0.2, -0.15) is 0 Å². The van der Waals surface area contributed by atoms with Crippen LogP contribution in [0.3, 0.4) is 0 Å². The summed E-state index contributed by atoms with van der Waals surface area (Å²) in [5.74, 6) is -0.920. The summed E-state index contributed by atoms with van der Waals surface area (Å²) in [6.45, 7) is 5.45. The molecule has 0 aromatic heterocycles. The number of carbonyl (C=O) groups is 2. The molecule has 5 atom stereocenters. The van der Waals surface area contributed by atoms with Gasteiger partial charge in [-0.3, -0.25) is 0 Å². The smallest absolute Gasteiger partial charge is 0.335 e. The topological polar surface area (TPSA) is 83.8 Å². The fourth-order valence-corrected chi connectivity index (χ4v) is 4.52.